The van der Waals surface area contributed by atoms with Crippen LogP contribution in [0.1, 0.15) is 21.5 Å². The minimum atomic E-state index is -0.410. The summed E-state index contributed by atoms with van der Waals surface area (Å²) in [4.78, 5) is 11.7. The molecule has 0 amide bonds. The van der Waals surface area contributed by atoms with Gasteiger partial charge in [0, 0.05) is 11.3 Å². The molecule has 6 heteroatoms. The molecule has 0 aromatic heterocycles. The van der Waals surface area contributed by atoms with Crippen molar-refractivity contribution in [3.63, 3.8) is 0 Å². The average molecular weight is 327 g/mol. The van der Waals surface area contributed by atoms with E-state index < -0.39 is 5.97 Å². The van der Waals surface area contributed by atoms with Gasteiger partial charge in [-0.2, -0.15) is 5.10 Å². The molecule has 0 aliphatic carbocycles. The van der Waals surface area contributed by atoms with Gasteiger partial charge in [-0.25, -0.2) is 4.79 Å². The molecule has 2 aromatic rings. The zero-order valence-electron chi connectivity index (χ0n) is 12.9. The molecule has 0 atom stereocenters. The highest BCUT2D eigenvalue weighted by Gasteiger charge is 2.08. The highest BCUT2D eigenvalue weighted by Crippen LogP contribution is 2.09. The molecule has 5 nitrogen and oxygen atoms in total. The Morgan fingerprint density at radius 1 is 1.17 bits per heavy atom. The summed E-state index contributed by atoms with van der Waals surface area (Å²) in [6.45, 7) is 2.02. The lowest BCUT2D eigenvalue weighted by Gasteiger charge is -2.07. The van der Waals surface area contributed by atoms with Gasteiger partial charge in [0.25, 0.3) is 0 Å². The van der Waals surface area contributed by atoms with E-state index in [0.29, 0.717) is 16.2 Å². The van der Waals surface area contributed by atoms with Gasteiger partial charge in [0.1, 0.15) is 0 Å². The van der Waals surface area contributed by atoms with Crippen molar-refractivity contribution in [3.8, 4) is 0 Å². The second-order valence-corrected chi connectivity index (χ2v) is 5.18. The number of hydrazone groups is 1. The lowest BCUT2D eigenvalue weighted by atomic mass is 10.1. The average Bonchev–Trinajstić information content (AvgIpc) is 2.57. The standard InChI is InChI=1S/C17H17N3O2S/c1-12-7-9-14(10-8-12)19-17(23)20-18-11-13-5-3-4-6-15(13)16(21)22-2/h3-11H,1-2H3,(H2,19,20,23)/b18-11-. The molecule has 0 saturated carbocycles. The highest BCUT2D eigenvalue weighted by atomic mass is 32.1. The van der Waals surface area contributed by atoms with Crippen molar-refractivity contribution >= 4 is 35.2 Å². The third-order valence-electron chi connectivity index (χ3n) is 3.05. The number of thiocarbonyl (C=S) groups is 1. The summed E-state index contributed by atoms with van der Waals surface area (Å²) in [6.07, 6.45) is 1.52. The molecule has 2 aromatic carbocycles. The van der Waals surface area contributed by atoms with E-state index in [1.807, 2.05) is 37.3 Å². The van der Waals surface area contributed by atoms with Crippen molar-refractivity contribution in [2.45, 2.75) is 6.92 Å². The van der Waals surface area contributed by atoms with E-state index in [2.05, 4.69) is 15.8 Å². The molecule has 23 heavy (non-hydrogen) atoms. The molecule has 0 spiro atoms. The second-order valence-electron chi connectivity index (χ2n) is 4.77. The van der Waals surface area contributed by atoms with Crippen LogP contribution in [0.15, 0.2) is 53.6 Å². The number of hydrogen-bond donors (Lipinski definition) is 2. The number of anilines is 1. The van der Waals surface area contributed by atoms with Crippen LogP contribution in [0, 0.1) is 6.92 Å². The number of rotatable bonds is 4. The van der Waals surface area contributed by atoms with E-state index >= 15 is 0 Å². The lowest BCUT2D eigenvalue weighted by Crippen LogP contribution is -2.23. The fourth-order valence-electron chi connectivity index (χ4n) is 1.86. The number of methoxy groups -OCH3 is 1. The second kappa shape index (κ2) is 8.05. The van der Waals surface area contributed by atoms with Crippen LogP contribution in [-0.4, -0.2) is 24.4 Å². The number of ether oxygens (including phenoxy) is 1. The van der Waals surface area contributed by atoms with E-state index in [-0.39, 0.29) is 0 Å². The third kappa shape index (κ3) is 4.89. The Hall–Kier alpha value is -2.73. The Balaban J connectivity index is 1.97. The van der Waals surface area contributed by atoms with Crippen LogP contribution in [0.25, 0.3) is 0 Å². The van der Waals surface area contributed by atoms with Gasteiger partial charge in [-0.3, -0.25) is 5.43 Å². The van der Waals surface area contributed by atoms with Crippen LogP contribution >= 0.6 is 12.2 Å². The maximum Gasteiger partial charge on any atom is 0.338 e. The first-order chi connectivity index (χ1) is 11.1. The van der Waals surface area contributed by atoms with Crippen LogP contribution in [0.5, 0.6) is 0 Å². The molecule has 2 rings (SSSR count). The van der Waals surface area contributed by atoms with Gasteiger partial charge in [0.15, 0.2) is 5.11 Å². The predicted molar refractivity (Wildman–Crippen MR) is 95.9 cm³/mol. The van der Waals surface area contributed by atoms with Crippen molar-refractivity contribution < 1.29 is 9.53 Å². The van der Waals surface area contributed by atoms with Crippen LogP contribution in [0.2, 0.25) is 0 Å². The molecule has 0 unspecified atom stereocenters. The molecule has 2 N–H and O–H groups in total. The Bertz CT molecular complexity index is 727. The number of nitrogens with one attached hydrogen (secondary N) is 2. The zero-order chi connectivity index (χ0) is 16.7. The molecular formula is C17H17N3O2S. The van der Waals surface area contributed by atoms with E-state index in [0.717, 1.165) is 5.69 Å². The minimum Gasteiger partial charge on any atom is -0.465 e. The molecule has 0 aliphatic heterocycles. The summed E-state index contributed by atoms with van der Waals surface area (Å²) in [5.74, 6) is -0.410. The van der Waals surface area contributed by atoms with Gasteiger partial charge in [-0.1, -0.05) is 35.9 Å². The minimum absolute atomic E-state index is 0.362. The Labute approximate surface area is 140 Å². The topological polar surface area (TPSA) is 62.7 Å². The number of aryl methyl sites for hydroxylation is 1. The van der Waals surface area contributed by atoms with Crippen molar-refractivity contribution in [1.29, 1.82) is 0 Å². The first-order valence-corrected chi connectivity index (χ1v) is 7.35. The Morgan fingerprint density at radius 3 is 2.57 bits per heavy atom. The Morgan fingerprint density at radius 2 is 1.87 bits per heavy atom. The molecule has 0 heterocycles. The van der Waals surface area contributed by atoms with Crippen LogP contribution in [-0.2, 0) is 4.74 Å². The van der Waals surface area contributed by atoms with E-state index in [1.165, 1.54) is 18.9 Å². The Kier molecular flexibility index (Phi) is 5.82. The quantitative estimate of drug-likeness (QED) is 0.391. The summed E-state index contributed by atoms with van der Waals surface area (Å²) in [5.41, 5.74) is 5.85. The molecular weight excluding hydrogens is 310 g/mol. The maximum atomic E-state index is 11.7. The van der Waals surface area contributed by atoms with Gasteiger partial charge in [0.05, 0.1) is 18.9 Å². The largest absolute Gasteiger partial charge is 0.465 e. The zero-order valence-corrected chi connectivity index (χ0v) is 13.7. The summed E-state index contributed by atoms with van der Waals surface area (Å²) in [5, 5.41) is 7.43. The highest BCUT2D eigenvalue weighted by molar-refractivity contribution is 7.80. The fraction of sp³-hybridized carbons (Fsp3) is 0.118. The summed E-state index contributed by atoms with van der Waals surface area (Å²) >= 11 is 5.16. The normalized spacial score (nSPS) is 10.3. The SMILES string of the molecule is COC(=O)c1ccccc1/C=N\NC(=S)Nc1ccc(C)cc1. The maximum absolute atomic E-state index is 11.7. The number of esters is 1. The third-order valence-corrected chi connectivity index (χ3v) is 3.24. The fourth-order valence-corrected chi connectivity index (χ4v) is 2.03. The number of benzene rings is 2. The van der Waals surface area contributed by atoms with Gasteiger partial charge in [-0.05, 0) is 37.3 Å². The summed E-state index contributed by atoms with van der Waals surface area (Å²) in [6, 6.07) is 14.9. The number of carbonyl (C=O) groups is 1. The molecule has 0 radical (unpaired) electrons. The van der Waals surface area contributed by atoms with Crippen molar-refractivity contribution in [3.05, 3.63) is 65.2 Å². The van der Waals surface area contributed by atoms with Gasteiger partial charge in [-0.15, -0.1) is 0 Å². The van der Waals surface area contributed by atoms with Gasteiger partial charge < -0.3 is 10.1 Å². The monoisotopic (exact) mass is 327 g/mol. The number of hydrogen-bond acceptors (Lipinski definition) is 4. The molecule has 0 fully saturated rings. The van der Waals surface area contributed by atoms with E-state index in [4.69, 9.17) is 17.0 Å². The van der Waals surface area contributed by atoms with Crippen molar-refractivity contribution in [1.82, 2.24) is 5.43 Å². The van der Waals surface area contributed by atoms with Crippen molar-refractivity contribution in [2.75, 3.05) is 12.4 Å². The van der Waals surface area contributed by atoms with Crippen LogP contribution in [0.3, 0.4) is 0 Å². The molecule has 0 saturated heterocycles. The molecule has 0 bridgehead atoms. The smallest absolute Gasteiger partial charge is 0.338 e. The summed E-state index contributed by atoms with van der Waals surface area (Å²) in [7, 11) is 1.34. The van der Waals surface area contributed by atoms with E-state index in [9.17, 15) is 4.79 Å². The number of nitrogens with zero attached hydrogens (tertiary/aromatic N) is 1. The van der Waals surface area contributed by atoms with E-state index in [1.54, 1.807) is 18.2 Å². The van der Waals surface area contributed by atoms with Crippen LogP contribution < -0.4 is 10.7 Å². The first kappa shape index (κ1) is 16.6. The molecule has 0 aliphatic rings. The molecule has 118 valence electrons. The predicted octanol–water partition coefficient (Wildman–Crippen LogP) is 3.10. The van der Waals surface area contributed by atoms with Crippen LogP contribution in [0.4, 0.5) is 5.69 Å². The first-order valence-electron chi connectivity index (χ1n) is 6.94. The van der Waals surface area contributed by atoms with Gasteiger partial charge in [0.2, 0.25) is 0 Å². The summed E-state index contributed by atoms with van der Waals surface area (Å²) < 4.78 is 4.73. The number of carbonyl (C=O) groups excluding carboxylic acids is 1. The van der Waals surface area contributed by atoms with Gasteiger partial charge >= 0.3 is 5.97 Å². The van der Waals surface area contributed by atoms with Crippen molar-refractivity contribution in [2.24, 2.45) is 5.10 Å². The lowest BCUT2D eigenvalue weighted by molar-refractivity contribution is 0.0600.